The van der Waals surface area contributed by atoms with E-state index in [1.165, 1.54) is 12.0 Å². The molecule has 0 aliphatic carbocycles. The van der Waals surface area contributed by atoms with Gasteiger partial charge in [0.25, 0.3) is 0 Å². The highest BCUT2D eigenvalue weighted by atomic mass is 16.5. The lowest BCUT2D eigenvalue weighted by atomic mass is 10.1. The molecule has 0 aromatic carbocycles. The maximum atomic E-state index is 12.2. The molecule has 0 bridgehead atoms. The predicted molar refractivity (Wildman–Crippen MR) is 69.6 cm³/mol. The van der Waals surface area contributed by atoms with E-state index in [1.54, 1.807) is 11.9 Å². The van der Waals surface area contributed by atoms with Gasteiger partial charge in [-0.2, -0.15) is 0 Å². The van der Waals surface area contributed by atoms with E-state index in [9.17, 15) is 9.59 Å². The third-order valence-corrected chi connectivity index (χ3v) is 3.52. The topological polar surface area (TPSA) is 54.8 Å². The smallest absolute Gasteiger partial charge is 0.409 e. The van der Waals surface area contributed by atoms with Crippen molar-refractivity contribution in [2.45, 2.75) is 19.5 Å². The third-order valence-electron chi connectivity index (χ3n) is 3.52. The molecule has 0 saturated carbocycles. The van der Waals surface area contributed by atoms with Gasteiger partial charge in [-0.05, 0) is 19.1 Å². The van der Waals surface area contributed by atoms with Crippen LogP contribution >= 0.6 is 0 Å². The first kappa shape index (κ1) is 13.5. The number of likely N-dealkylation sites (N-methyl/N-ethyl adjacent to an activating group) is 1. The summed E-state index contributed by atoms with van der Waals surface area (Å²) in [6.45, 7) is 3.50. The maximum absolute atomic E-state index is 12.2. The van der Waals surface area contributed by atoms with Crippen molar-refractivity contribution in [2.75, 3.05) is 27.2 Å². The molecule has 0 fully saturated rings. The molecule has 0 radical (unpaired) electrons. The number of ether oxygens (including phenoxy) is 1. The van der Waals surface area contributed by atoms with Gasteiger partial charge in [0.1, 0.15) is 6.54 Å². The number of methoxy groups -OCH3 is 1. The second kappa shape index (κ2) is 5.34. The van der Waals surface area contributed by atoms with Crippen LogP contribution in [-0.2, 0) is 16.1 Å². The fraction of sp³-hybridized carbons (Fsp3) is 0.538. The monoisotopic (exact) mass is 265 g/mol. The van der Waals surface area contributed by atoms with Crippen LogP contribution in [0.25, 0.3) is 0 Å². The van der Waals surface area contributed by atoms with Crippen molar-refractivity contribution in [3.05, 3.63) is 24.0 Å². The Kier molecular flexibility index (Phi) is 3.78. The second-order valence-corrected chi connectivity index (χ2v) is 4.72. The summed E-state index contributed by atoms with van der Waals surface area (Å²) < 4.78 is 6.73. The van der Waals surface area contributed by atoms with Crippen LogP contribution in [0, 0.1) is 0 Å². The van der Waals surface area contributed by atoms with Gasteiger partial charge in [0, 0.05) is 32.0 Å². The average Bonchev–Trinajstić information content (AvgIpc) is 2.87. The van der Waals surface area contributed by atoms with Crippen molar-refractivity contribution in [1.82, 2.24) is 14.4 Å². The molecule has 104 valence electrons. The quantitative estimate of drug-likeness (QED) is 0.804. The Hall–Kier alpha value is -1.98. The Morgan fingerprint density at radius 2 is 2.21 bits per heavy atom. The molecule has 19 heavy (non-hydrogen) atoms. The minimum Gasteiger partial charge on any atom is -0.453 e. The van der Waals surface area contributed by atoms with Crippen LogP contribution in [-0.4, -0.2) is 53.6 Å². The van der Waals surface area contributed by atoms with Gasteiger partial charge >= 0.3 is 6.09 Å². The normalized spacial score (nSPS) is 17.8. The molecule has 2 heterocycles. The fourth-order valence-electron chi connectivity index (χ4n) is 2.43. The Morgan fingerprint density at radius 1 is 1.47 bits per heavy atom. The van der Waals surface area contributed by atoms with Crippen molar-refractivity contribution in [3.8, 4) is 0 Å². The summed E-state index contributed by atoms with van der Waals surface area (Å²) >= 11 is 0. The van der Waals surface area contributed by atoms with Crippen LogP contribution in [0.4, 0.5) is 4.79 Å². The van der Waals surface area contributed by atoms with Gasteiger partial charge in [-0.15, -0.1) is 0 Å². The molecule has 1 aromatic heterocycles. The summed E-state index contributed by atoms with van der Waals surface area (Å²) in [5.74, 6) is -0.0622. The van der Waals surface area contributed by atoms with Crippen LogP contribution in [0.5, 0.6) is 0 Å². The maximum Gasteiger partial charge on any atom is 0.409 e. The van der Waals surface area contributed by atoms with Gasteiger partial charge in [0.15, 0.2) is 0 Å². The average molecular weight is 265 g/mol. The van der Waals surface area contributed by atoms with E-state index in [4.69, 9.17) is 0 Å². The molecule has 6 heteroatoms. The summed E-state index contributed by atoms with van der Waals surface area (Å²) in [7, 11) is 2.86. The van der Waals surface area contributed by atoms with E-state index < -0.39 is 6.09 Å². The Morgan fingerprint density at radius 3 is 2.89 bits per heavy atom. The van der Waals surface area contributed by atoms with Crippen molar-refractivity contribution >= 4 is 12.0 Å². The number of carbonyl (C=O) groups is 2. The lowest BCUT2D eigenvalue weighted by Crippen LogP contribution is -2.46. The number of hydrogen-bond donors (Lipinski definition) is 0. The largest absolute Gasteiger partial charge is 0.453 e. The lowest BCUT2D eigenvalue weighted by molar-refractivity contribution is -0.135. The predicted octanol–water partition coefficient (Wildman–Crippen LogP) is 1.09. The summed E-state index contributed by atoms with van der Waals surface area (Å²) in [5.41, 5.74) is 1.13. The van der Waals surface area contributed by atoms with Crippen LogP contribution in [0.15, 0.2) is 18.3 Å². The van der Waals surface area contributed by atoms with Crippen molar-refractivity contribution in [1.29, 1.82) is 0 Å². The third kappa shape index (κ3) is 2.57. The van der Waals surface area contributed by atoms with Gasteiger partial charge in [0.2, 0.25) is 5.91 Å². The Balaban J connectivity index is 2.03. The summed E-state index contributed by atoms with van der Waals surface area (Å²) in [6.07, 6.45) is 1.52. The van der Waals surface area contributed by atoms with Gasteiger partial charge in [-0.3, -0.25) is 4.79 Å². The standard InChI is InChI=1S/C13H19N3O3/c1-10-11-5-4-6-15(11)7-8-16(10)12(17)9-14(2)13(18)19-3/h4-6,10H,7-9H2,1-3H3. The number of hydrogen-bond acceptors (Lipinski definition) is 3. The van der Waals surface area contributed by atoms with E-state index in [0.29, 0.717) is 6.54 Å². The second-order valence-electron chi connectivity index (χ2n) is 4.72. The van der Waals surface area contributed by atoms with E-state index >= 15 is 0 Å². The van der Waals surface area contributed by atoms with Crippen molar-refractivity contribution in [2.24, 2.45) is 0 Å². The Labute approximate surface area is 112 Å². The van der Waals surface area contributed by atoms with Gasteiger partial charge < -0.3 is 19.1 Å². The van der Waals surface area contributed by atoms with Crippen LogP contribution in [0.1, 0.15) is 18.7 Å². The number of fused-ring (bicyclic) bond motifs is 1. The molecule has 2 amide bonds. The number of nitrogens with zero attached hydrogens (tertiary/aromatic N) is 3. The number of rotatable bonds is 2. The molecule has 1 unspecified atom stereocenters. The zero-order chi connectivity index (χ0) is 14.0. The molecule has 2 rings (SSSR count). The van der Waals surface area contributed by atoms with E-state index in [0.717, 1.165) is 12.2 Å². The van der Waals surface area contributed by atoms with Crippen LogP contribution in [0.2, 0.25) is 0 Å². The zero-order valence-corrected chi connectivity index (χ0v) is 11.5. The molecular weight excluding hydrogens is 246 g/mol. The highest BCUT2D eigenvalue weighted by Gasteiger charge is 2.28. The zero-order valence-electron chi connectivity index (χ0n) is 11.5. The minimum atomic E-state index is -0.499. The summed E-state index contributed by atoms with van der Waals surface area (Å²) in [5, 5.41) is 0. The summed E-state index contributed by atoms with van der Waals surface area (Å²) in [4.78, 5) is 26.6. The number of amides is 2. The van der Waals surface area contributed by atoms with Gasteiger partial charge in [0.05, 0.1) is 13.2 Å². The first-order chi connectivity index (χ1) is 9.04. The number of aromatic nitrogens is 1. The highest BCUT2D eigenvalue weighted by Crippen LogP contribution is 2.25. The highest BCUT2D eigenvalue weighted by molar-refractivity contribution is 5.82. The molecule has 1 aliphatic rings. The lowest BCUT2D eigenvalue weighted by Gasteiger charge is -2.35. The van der Waals surface area contributed by atoms with Crippen LogP contribution in [0.3, 0.4) is 0 Å². The SMILES string of the molecule is COC(=O)N(C)CC(=O)N1CCn2cccc2C1C. The molecule has 1 atom stereocenters. The molecule has 6 nitrogen and oxygen atoms in total. The molecule has 0 spiro atoms. The van der Waals surface area contributed by atoms with E-state index in [2.05, 4.69) is 9.30 Å². The van der Waals surface area contributed by atoms with Crippen molar-refractivity contribution in [3.63, 3.8) is 0 Å². The summed E-state index contributed by atoms with van der Waals surface area (Å²) in [6, 6.07) is 4.04. The molecule has 1 aliphatic heterocycles. The minimum absolute atomic E-state index is 0.0299. The van der Waals surface area contributed by atoms with E-state index in [-0.39, 0.29) is 18.5 Å². The van der Waals surface area contributed by atoms with Crippen molar-refractivity contribution < 1.29 is 14.3 Å². The first-order valence-electron chi connectivity index (χ1n) is 6.28. The van der Waals surface area contributed by atoms with Gasteiger partial charge in [-0.25, -0.2) is 4.79 Å². The molecule has 0 N–H and O–H groups in total. The van der Waals surface area contributed by atoms with Gasteiger partial charge in [-0.1, -0.05) is 0 Å². The fourth-order valence-corrected chi connectivity index (χ4v) is 2.43. The van der Waals surface area contributed by atoms with E-state index in [1.807, 2.05) is 25.3 Å². The number of carbonyl (C=O) groups excluding carboxylic acids is 2. The first-order valence-corrected chi connectivity index (χ1v) is 6.28. The van der Waals surface area contributed by atoms with Crippen LogP contribution < -0.4 is 0 Å². The Bertz CT molecular complexity index is 483. The molecule has 1 aromatic rings. The molecular formula is C13H19N3O3. The molecule has 0 saturated heterocycles.